The minimum absolute atomic E-state index is 0.105. The van der Waals surface area contributed by atoms with Crippen molar-refractivity contribution in [3.8, 4) is 0 Å². The Morgan fingerprint density at radius 3 is 2.80 bits per heavy atom. The summed E-state index contributed by atoms with van der Waals surface area (Å²) in [4.78, 5) is 12.3. The van der Waals surface area contributed by atoms with E-state index in [9.17, 15) is 4.79 Å². The number of fused-ring (bicyclic) bond motifs is 1. The fraction of sp³-hybridized carbons (Fsp3) is 0.333. The lowest BCUT2D eigenvalue weighted by atomic mass is 10.1. The van der Waals surface area contributed by atoms with Crippen LogP contribution in [-0.4, -0.2) is 15.7 Å². The molecule has 1 aliphatic carbocycles. The number of carbonyl (C=O) groups is 1. The number of hydrogen-bond acceptors (Lipinski definition) is 3. The van der Waals surface area contributed by atoms with Gasteiger partial charge in [0.2, 0.25) is 0 Å². The van der Waals surface area contributed by atoms with Gasteiger partial charge in [-0.15, -0.1) is 0 Å². The molecule has 1 aliphatic rings. The summed E-state index contributed by atoms with van der Waals surface area (Å²) < 4.78 is 1.76. The number of nitrogens with one attached hydrogen (secondary N) is 1. The average Bonchev–Trinajstić information content (AvgIpc) is 3.02. The minimum atomic E-state index is -0.105. The van der Waals surface area contributed by atoms with E-state index in [0.717, 1.165) is 36.3 Å². The number of benzene rings is 1. The third-order valence-corrected chi connectivity index (χ3v) is 3.75. The van der Waals surface area contributed by atoms with Crippen LogP contribution in [-0.2, 0) is 26.4 Å². The van der Waals surface area contributed by atoms with Crippen LogP contribution in [0.5, 0.6) is 0 Å². The third-order valence-electron chi connectivity index (χ3n) is 3.75. The molecule has 0 atom stereocenters. The van der Waals surface area contributed by atoms with Crippen LogP contribution in [0.15, 0.2) is 24.3 Å². The molecule has 0 bridgehead atoms. The highest BCUT2D eigenvalue weighted by Crippen LogP contribution is 2.28. The molecule has 5 heteroatoms. The predicted molar refractivity (Wildman–Crippen MR) is 77.5 cm³/mol. The van der Waals surface area contributed by atoms with Crippen LogP contribution in [0.4, 0.5) is 5.82 Å². The number of amides is 1. The van der Waals surface area contributed by atoms with Gasteiger partial charge in [0.25, 0.3) is 5.91 Å². The minimum Gasteiger partial charge on any atom is -0.326 e. The number of nitrogens with zero attached hydrogens (tertiary/aromatic N) is 2. The molecule has 2 aromatic rings. The van der Waals surface area contributed by atoms with Gasteiger partial charge in [0.15, 0.2) is 0 Å². The van der Waals surface area contributed by atoms with Crippen LogP contribution in [0.25, 0.3) is 0 Å². The zero-order valence-corrected chi connectivity index (χ0v) is 11.5. The Morgan fingerprint density at radius 1 is 1.35 bits per heavy atom. The van der Waals surface area contributed by atoms with E-state index < -0.39 is 0 Å². The molecule has 1 heterocycles. The summed E-state index contributed by atoms with van der Waals surface area (Å²) in [5, 5.41) is 7.43. The SMILES string of the molecule is Cn1nc2c(c1NC(=O)c1ccc(CN)cc1)CCC2. The Morgan fingerprint density at radius 2 is 2.10 bits per heavy atom. The van der Waals surface area contributed by atoms with Crippen LogP contribution in [0.3, 0.4) is 0 Å². The zero-order valence-electron chi connectivity index (χ0n) is 11.5. The van der Waals surface area contributed by atoms with Crippen LogP contribution >= 0.6 is 0 Å². The van der Waals surface area contributed by atoms with Gasteiger partial charge < -0.3 is 11.1 Å². The Hall–Kier alpha value is -2.14. The molecule has 1 aromatic carbocycles. The van der Waals surface area contributed by atoms with Crippen LogP contribution < -0.4 is 11.1 Å². The molecular weight excluding hydrogens is 252 g/mol. The van der Waals surface area contributed by atoms with Gasteiger partial charge in [0, 0.05) is 24.7 Å². The lowest BCUT2D eigenvalue weighted by molar-refractivity contribution is 0.102. The summed E-state index contributed by atoms with van der Waals surface area (Å²) in [6, 6.07) is 7.35. The van der Waals surface area contributed by atoms with Crippen molar-refractivity contribution in [2.24, 2.45) is 12.8 Å². The Labute approximate surface area is 117 Å². The normalized spacial score (nSPS) is 13.3. The summed E-state index contributed by atoms with van der Waals surface area (Å²) in [5.41, 5.74) is 9.50. The number of aryl methyl sites for hydroxylation is 2. The largest absolute Gasteiger partial charge is 0.326 e. The van der Waals surface area contributed by atoms with E-state index in [0.29, 0.717) is 12.1 Å². The van der Waals surface area contributed by atoms with E-state index in [4.69, 9.17) is 5.73 Å². The highest BCUT2D eigenvalue weighted by atomic mass is 16.1. The van der Waals surface area contributed by atoms with E-state index in [1.165, 1.54) is 5.56 Å². The number of anilines is 1. The summed E-state index contributed by atoms with van der Waals surface area (Å²) in [7, 11) is 1.87. The van der Waals surface area contributed by atoms with Crippen LogP contribution in [0.1, 0.15) is 33.6 Å². The highest BCUT2D eigenvalue weighted by Gasteiger charge is 2.22. The van der Waals surface area contributed by atoms with Crippen LogP contribution in [0, 0.1) is 0 Å². The monoisotopic (exact) mass is 270 g/mol. The Balaban J connectivity index is 1.82. The van der Waals surface area contributed by atoms with Gasteiger partial charge >= 0.3 is 0 Å². The van der Waals surface area contributed by atoms with Gasteiger partial charge in [-0.3, -0.25) is 9.48 Å². The van der Waals surface area contributed by atoms with Crippen molar-refractivity contribution >= 4 is 11.7 Å². The van der Waals surface area contributed by atoms with E-state index >= 15 is 0 Å². The molecule has 3 N–H and O–H groups in total. The Bertz CT molecular complexity index is 643. The standard InChI is InChI=1S/C15H18N4O/c1-19-14(12-3-2-4-13(12)18-19)17-15(20)11-7-5-10(9-16)6-8-11/h5-8H,2-4,9,16H2,1H3,(H,17,20). The molecule has 1 aromatic heterocycles. The molecule has 3 rings (SSSR count). The number of aromatic nitrogens is 2. The Kier molecular flexibility index (Phi) is 3.28. The first-order valence-electron chi connectivity index (χ1n) is 6.84. The van der Waals surface area contributed by atoms with Crippen molar-refractivity contribution in [3.05, 3.63) is 46.6 Å². The predicted octanol–water partition coefficient (Wildman–Crippen LogP) is 1.62. The van der Waals surface area contributed by atoms with Crippen molar-refractivity contribution in [1.29, 1.82) is 0 Å². The van der Waals surface area contributed by atoms with Crippen molar-refractivity contribution in [2.75, 3.05) is 5.32 Å². The lowest BCUT2D eigenvalue weighted by Gasteiger charge is -2.08. The average molecular weight is 270 g/mol. The maximum atomic E-state index is 12.3. The van der Waals surface area contributed by atoms with Crippen molar-refractivity contribution < 1.29 is 4.79 Å². The van der Waals surface area contributed by atoms with Gasteiger partial charge in [-0.1, -0.05) is 12.1 Å². The van der Waals surface area contributed by atoms with Crippen molar-refractivity contribution in [1.82, 2.24) is 9.78 Å². The van der Waals surface area contributed by atoms with E-state index in [1.54, 1.807) is 16.8 Å². The lowest BCUT2D eigenvalue weighted by Crippen LogP contribution is -2.15. The molecule has 0 spiro atoms. The second-order valence-corrected chi connectivity index (χ2v) is 5.11. The molecule has 5 nitrogen and oxygen atoms in total. The van der Waals surface area contributed by atoms with E-state index in [1.807, 2.05) is 19.2 Å². The third kappa shape index (κ3) is 2.20. The molecule has 0 fully saturated rings. The van der Waals surface area contributed by atoms with Crippen molar-refractivity contribution in [2.45, 2.75) is 25.8 Å². The molecule has 0 saturated carbocycles. The molecule has 104 valence electrons. The molecule has 1 amide bonds. The number of hydrogen-bond donors (Lipinski definition) is 2. The molecule has 0 saturated heterocycles. The fourth-order valence-corrected chi connectivity index (χ4v) is 2.65. The number of carbonyl (C=O) groups excluding carboxylic acids is 1. The summed E-state index contributed by atoms with van der Waals surface area (Å²) in [6.45, 7) is 0.483. The van der Waals surface area contributed by atoms with Crippen molar-refractivity contribution in [3.63, 3.8) is 0 Å². The maximum absolute atomic E-state index is 12.3. The number of rotatable bonds is 3. The number of nitrogens with two attached hydrogens (primary N) is 1. The first-order chi connectivity index (χ1) is 9.69. The van der Waals surface area contributed by atoms with Gasteiger partial charge in [0.1, 0.15) is 5.82 Å². The summed E-state index contributed by atoms with van der Waals surface area (Å²) >= 11 is 0. The highest BCUT2D eigenvalue weighted by molar-refractivity contribution is 6.04. The molecule has 0 unspecified atom stereocenters. The quantitative estimate of drug-likeness (QED) is 0.890. The maximum Gasteiger partial charge on any atom is 0.256 e. The van der Waals surface area contributed by atoms with Crippen LogP contribution in [0.2, 0.25) is 0 Å². The van der Waals surface area contributed by atoms with Gasteiger partial charge in [0.05, 0.1) is 5.69 Å². The second-order valence-electron chi connectivity index (χ2n) is 5.11. The fourth-order valence-electron chi connectivity index (χ4n) is 2.65. The van der Waals surface area contributed by atoms with E-state index in [2.05, 4.69) is 10.4 Å². The van der Waals surface area contributed by atoms with Gasteiger partial charge in [-0.25, -0.2) is 0 Å². The molecule has 0 radical (unpaired) electrons. The molecule has 20 heavy (non-hydrogen) atoms. The summed E-state index contributed by atoms with van der Waals surface area (Å²) in [5.74, 6) is 0.719. The first kappa shape index (κ1) is 12.9. The van der Waals surface area contributed by atoms with E-state index in [-0.39, 0.29) is 5.91 Å². The van der Waals surface area contributed by atoms with Gasteiger partial charge in [-0.05, 0) is 37.0 Å². The molecule has 0 aliphatic heterocycles. The first-order valence-corrected chi connectivity index (χ1v) is 6.84. The topological polar surface area (TPSA) is 72.9 Å². The molecular formula is C15H18N4O. The smallest absolute Gasteiger partial charge is 0.256 e. The second kappa shape index (κ2) is 5.09. The zero-order chi connectivity index (χ0) is 14.1. The van der Waals surface area contributed by atoms with Gasteiger partial charge in [-0.2, -0.15) is 5.10 Å². The summed E-state index contributed by atoms with van der Waals surface area (Å²) in [6.07, 6.45) is 3.11.